The second kappa shape index (κ2) is 9.35. The fraction of sp³-hybridized carbons (Fsp3) is 0.800. The Labute approximate surface area is 231 Å². The van der Waals surface area contributed by atoms with E-state index in [1.807, 2.05) is 12.1 Å². The fourth-order valence-corrected chi connectivity index (χ4v) is 12.1. The second-order valence-corrected chi connectivity index (χ2v) is 15.5. The van der Waals surface area contributed by atoms with E-state index in [4.69, 9.17) is 4.74 Å². The largest absolute Gasteiger partial charge is 0.465 e. The molecule has 9 atom stereocenters. The van der Waals surface area contributed by atoms with Gasteiger partial charge in [0.25, 0.3) is 0 Å². The topological polar surface area (TPSA) is 46.5 Å². The van der Waals surface area contributed by atoms with Gasteiger partial charge in [-0.15, -0.1) is 0 Å². The van der Waals surface area contributed by atoms with E-state index in [1.54, 1.807) is 0 Å². The summed E-state index contributed by atoms with van der Waals surface area (Å²) < 4.78 is 4.97. The van der Waals surface area contributed by atoms with Gasteiger partial charge < -0.3 is 9.84 Å². The van der Waals surface area contributed by atoms with Gasteiger partial charge in [-0.3, -0.25) is 0 Å². The third-order valence-electron chi connectivity index (χ3n) is 13.9. The van der Waals surface area contributed by atoms with E-state index in [1.165, 1.54) is 83.3 Å². The quantitative estimate of drug-likeness (QED) is 0.407. The normalized spacial score (nSPS) is 45.3. The second-order valence-electron chi connectivity index (χ2n) is 15.5. The van der Waals surface area contributed by atoms with Gasteiger partial charge in [0, 0.05) is 0 Å². The van der Waals surface area contributed by atoms with Crippen molar-refractivity contribution in [3.8, 4) is 0 Å². The molecule has 0 aromatic heterocycles. The molecule has 1 aromatic carbocycles. The van der Waals surface area contributed by atoms with Crippen LogP contribution in [0.5, 0.6) is 0 Å². The van der Waals surface area contributed by atoms with Gasteiger partial charge in [-0.25, -0.2) is 4.79 Å². The first-order valence-electron chi connectivity index (χ1n) is 15.9. The highest BCUT2D eigenvalue weighted by Gasteiger charge is 2.66. The van der Waals surface area contributed by atoms with Crippen LogP contribution in [0.2, 0.25) is 0 Å². The highest BCUT2D eigenvalue weighted by molar-refractivity contribution is 5.89. The maximum atomic E-state index is 12.1. The molecule has 0 heterocycles. The van der Waals surface area contributed by atoms with Crippen molar-refractivity contribution in [2.75, 3.05) is 7.11 Å². The summed E-state index contributed by atoms with van der Waals surface area (Å²) in [5, 5.41) is 10.9. The molecule has 0 aliphatic heterocycles. The number of benzene rings is 1. The number of aliphatic hydroxyl groups excluding tert-OH is 1. The molecule has 5 aliphatic rings. The van der Waals surface area contributed by atoms with Crippen LogP contribution >= 0.6 is 0 Å². The molecule has 38 heavy (non-hydrogen) atoms. The predicted molar refractivity (Wildman–Crippen MR) is 153 cm³/mol. The van der Waals surface area contributed by atoms with Crippen molar-refractivity contribution in [1.29, 1.82) is 0 Å². The number of aryl methyl sites for hydroxylation is 1. The molecule has 0 spiro atoms. The maximum Gasteiger partial charge on any atom is 0.337 e. The number of esters is 1. The van der Waals surface area contributed by atoms with E-state index >= 15 is 0 Å². The molecule has 3 heteroatoms. The Hall–Kier alpha value is -1.35. The lowest BCUT2D eigenvalue weighted by molar-refractivity contribution is -0.214. The third kappa shape index (κ3) is 3.87. The Morgan fingerprint density at radius 1 is 0.895 bits per heavy atom. The summed E-state index contributed by atoms with van der Waals surface area (Å²) in [5.41, 5.74) is 3.38. The maximum absolute atomic E-state index is 12.1. The molecule has 5 saturated carbocycles. The Bertz CT molecular complexity index is 1060. The molecular weight excluding hydrogens is 468 g/mol. The third-order valence-corrected chi connectivity index (χ3v) is 13.9. The smallest absolute Gasteiger partial charge is 0.337 e. The minimum absolute atomic E-state index is 0.0452. The molecular formula is C35H52O3. The van der Waals surface area contributed by atoms with Crippen LogP contribution in [-0.4, -0.2) is 24.3 Å². The molecule has 9 unspecified atom stereocenters. The molecule has 0 bridgehead atoms. The highest BCUT2D eigenvalue weighted by atomic mass is 16.5. The summed E-state index contributed by atoms with van der Waals surface area (Å²) in [6, 6.07) is 8.16. The summed E-state index contributed by atoms with van der Waals surface area (Å²) in [5.74, 6) is 3.91. The van der Waals surface area contributed by atoms with Gasteiger partial charge in [-0.05, 0) is 146 Å². The Morgan fingerprint density at radius 3 is 2.47 bits per heavy atom. The molecule has 210 valence electrons. The zero-order chi connectivity index (χ0) is 26.9. The minimum atomic E-state index is -0.228. The van der Waals surface area contributed by atoms with Gasteiger partial charge >= 0.3 is 5.97 Å². The monoisotopic (exact) mass is 520 g/mol. The van der Waals surface area contributed by atoms with Gasteiger partial charge in [0.1, 0.15) is 0 Å². The Morgan fingerprint density at radius 2 is 1.68 bits per heavy atom. The fourth-order valence-electron chi connectivity index (χ4n) is 12.1. The molecule has 0 saturated heterocycles. The molecule has 1 N–H and O–H groups in total. The minimum Gasteiger partial charge on any atom is -0.465 e. The first-order valence-corrected chi connectivity index (χ1v) is 15.9. The zero-order valence-electron chi connectivity index (χ0n) is 24.7. The number of carbonyl (C=O) groups is 1. The average molecular weight is 521 g/mol. The van der Waals surface area contributed by atoms with E-state index in [0.29, 0.717) is 27.7 Å². The van der Waals surface area contributed by atoms with E-state index in [2.05, 4.69) is 39.8 Å². The van der Waals surface area contributed by atoms with Gasteiger partial charge in [0.2, 0.25) is 0 Å². The average Bonchev–Trinajstić information content (AvgIpc) is 3.34. The highest BCUT2D eigenvalue weighted by Crippen LogP contribution is 2.73. The number of hydrogen-bond donors (Lipinski definition) is 1. The number of rotatable bonds is 4. The molecule has 0 radical (unpaired) electrons. The number of aliphatic hydroxyl groups is 1. The summed E-state index contributed by atoms with van der Waals surface area (Å²) in [6.07, 6.45) is 17.0. The van der Waals surface area contributed by atoms with Crippen LogP contribution in [0.4, 0.5) is 0 Å². The van der Waals surface area contributed by atoms with E-state index < -0.39 is 0 Å². The van der Waals surface area contributed by atoms with Crippen molar-refractivity contribution in [1.82, 2.24) is 0 Å². The molecule has 3 nitrogen and oxygen atoms in total. The summed E-state index contributed by atoms with van der Waals surface area (Å²) in [4.78, 5) is 12.1. The summed E-state index contributed by atoms with van der Waals surface area (Å²) in [7, 11) is 1.47. The molecule has 1 aromatic rings. The molecule has 6 rings (SSSR count). The number of carbonyl (C=O) groups excluding carboxylic acids is 1. The number of fused-ring (bicyclic) bond motifs is 7. The molecule has 5 fully saturated rings. The van der Waals surface area contributed by atoms with Crippen molar-refractivity contribution < 1.29 is 14.6 Å². The zero-order valence-corrected chi connectivity index (χ0v) is 24.7. The van der Waals surface area contributed by atoms with Gasteiger partial charge in [0.15, 0.2) is 0 Å². The van der Waals surface area contributed by atoms with Crippen LogP contribution in [-0.2, 0) is 11.2 Å². The van der Waals surface area contributed by atoms with Gasteiger partial charge in [-0.1, -0.05) is 46.2 Å². The molecule has 0 amide bonds. The first kappa shape index (κ1) is 26.9. The van der Waals surface area contributed by atoms with Crippen molar-refractivity contribution in [3.63, 3.8) is 0 Å². The van der Waals surface area contributed by atoms with Gasteiger partial charge in [0.05, 0.1) is 18.8 Å². The van der Waals surface area contributed by atoms with Crippen molar-refractivity contribution >= 4 is 5.97 Å². The standard InChI is InChI=1S/C35H52O3/c1-32(2)28-15-18-33(3)26-14-21-35(20-13-23-8-6-9-24(22-23)31(37)38-5)17-7-10-27(35)25(26)11-12-29(33)34(28,4)19-16-30(32)36/h6,8-9,22,25-30,36H,7,10-21H2,1-5H3. The Kier molecular flexibility index (Phi) is 6.61. The molecule has 5 aliphatic carbocycles. The van der Waals surface area contributed by atoms with Crippen LogP contribution in [0.1, 0.15) is 121 Å². The lowest BCUT2D eigenvalue weighted by atomic mass is 9.36. The van der Waals surface area contributed by atoms with Crippen LogP contribution in [0.15, 0.2) is 24.3 Å². The van der Waals surface area contributed by atoms with E-state index in [9.17, 15) is 9.90 Å². The van der Waals surface area contributed by atoms with E-state index in [0.717, 1.165) is 36.5 Å². The number of methoxy groups -OCH3 is 1. The lowest BCUT2D eigenvalue weighted by Crippen LogP contribution is -2.63. The summed E-state index contributed by atoms with van der Waals surface area (Å²) in [6.45, 7) is 10.1. The summed E-state index contributed by atoms with van der Waals surface area (Å²) >= 11 is 0. The van der Waals surface area contributed by atoms with Gasteiger partial charge in [-0.2, -0.15) is 0 Å². The van der Waals surface area contributed by atoms with Crippen LogP contribution < -0.4 is 0 Å². The van der Waals surface area contributed by atoms with Crippen LogP contribution in [0, 0.1) is 51.2 Å². The number of hydrogen-bond acceptors (Lipinski definition) is 3. The van der Waals surface area contributed by atoms with Crippen molar-refractivity contribution in [3.05, 3.63) is 35.4 Å². The van der Waals surface area contributed by atoms with E-state index in [-0.39, 0.29) is 17.5 Å². The predicted octanol–water partition coefficient (Wildman–Crippen LogP) is 8.23. The van der Waals surface area contributed by atoms with Crippen molar-refractivity contribution in [2.45, 2.75) is 117 Å². The number of ether oxygens (including phenoxy) is 1. The SMILES string of the molecule is COC(=O)c1cccc(CCC23CCCC2C2CCC4C(C)(CCC5C(C)(C)C(O)CCC54C)C2CC3)c1. The van der Waals surface area contributed by atoms with Crippen LogP contribution in [0.25, 0.3) is 0 Å². The van der Waals surface area contributed by atoms with Crippen molar-refractivity contribution in [2.24, 2.45) is 51.2 Å². The van der Waals surface area contributed by atoms with Crippen LogP contribution in [0.3, 0.4) is 0 Å². The first-order chi connectivity index (χ1) is 18.0. The Balaban J connectivity index is 1.22. The lowest BCUT2D eigenvalue weighted by Gasteiger charge is -2.69.